The Bertz CT molecular complexity index is 947. The van der Waals surface area contributed by atoms with Gasteiger partial charge in [0.25, 0.3) is 0 Å². The number of aromatic nitrogens is 1. The molecule has 5 rings (SSSR count). The maximum absolute atomic E-state index is 6.32. The van der Waals surface area contributed by atoms with Gasteiger partial charge in [-0.3, -0.25) is 4.90 Å². The highest BCUT2D eigenvalue weighted by Crippen LogP contribution is 2.45. The van der Waals surface area contributed by atoms with E-state index in [1.54, 1.807) is 0 Å². The quantitative estimate of drug-likeness (QED) is 0.641. The van der Waals surface area contributed by atoms with Crippen molar-refractivity contribution in [3.05, 3.63) is 70.4 Å². The second kappa shape index (κ2) is 5.60. The van der Waals surface area contributed by atoms with Gasteiger partial charge in [-0.1, -0.05) is 41.9 Å². The summed E-state index contributed by atoms with van der Waals surface area (Å²) in [6, 6.07) is 18.1. The Morgan fingerprint density at radius 3 is 2.56 bits per heavy atom. The van der Waals surface area contributed by atoms with Crippen LogP contribution in [0.4, 0.5) is 0 Å². The van der Waals surface area contributed by atoms with Crippen LogP contribution in [0.2, 0.25) is 5.02 Å². The molecule has 3 nitrogen and oxygen atoms in total. The Labute approximate surface area is 153 Å². The highest BCUT2D eigenvalue weighted by atomic mass is 35.5. The second-order valence-electron chi connectivity index (χ2n) is 7.44. The van der Waals surface area contributed by atoms with E-state index in [1.807, 2.05) is 6.07 Å². The molecule has 2 unspecified atom stereocenters. The standard InChI is InChI=1S/C21H22ClN3/c1-23-11-17-16-10-15(22)8-9-18(16)25-13-19(14-6-4-3-5-7-14)24(2)20(12-23)21(17)25/h3-10,19-20H,11-13H2,1-2H3. The lowest BCUT2D eigenvalue weighted by Gasteiger charge is -2.45. The smallest absolute Gasteiger partial charge is 0.0635 e. The first kappa shape index (κ1) is 15.4. The molecule has 0 N–H and O–H groups in total. The number of hydrogen-bond donors (Lipinski definition) is 0. The van der Waals surface area contributed by atoms with Gasteiger partial charge in [0.1, 0.15) is 0 Å². The molecule has 0 bridgehead atoms. The maximum Gasteiger partial charge on any atom is 0.0635 e. The lowest BCUT2D eigenvalue weighted by atomic mass is 9.94. The fourth-order valence-electron chi connectivity index (χ4n) is 4.73. The molecule has 0 amide bonds. The summed E-state index contributed by atoms with van der Waals surface area (Å²) in [6.45, 7) is 3.06. The second-order valence-corrected chi connectivity index (χ2v) is 7.88. The summed E-state index contributed by atoms with van der Waals surface area (Å²) in [5.74, 6) is 0. The molecule has 0 fully saturated rings. The molecule has 2 atom stereocenters. The van der Waals surface area contributed by atoms with Crippen LogP contribution in [0.25, 0.3) is 10.9 Å². The van der Waals surface area contributed by atoms with Crippen LogP contribution in [0.15, 0.2) is 48.5 Å². The van der Waals surface area contributed by atoms with E-state index in [2.05, 4.69) is 70.9 Å². The van der Waals surface area contributed by atoms with E-state index in [9.17, 15) is 0 Å². The van der Waals surface area contributed by atoms with Crippen molar-refractivity contribution >= 4 is 22.5 Å². The van der Waals surface area contributed by atoms with Crippen molar-refractivity contribution in [3.63, 3.8) is 0 Å². The molecule has 4 heteroatoms. The summed E-state index contributed by atoms with van der Waals surface area (Å²) in [5, 5.41) is 2.14. The van der Waals surface area contributed by atoms with Crippen molar-refractivity contribution in [3.8, 4) is 0 Å². The topological polar surface area (TPSA) is 11.4 Å². The monoisotopic (exact) mass is 351 g/mol. The minimum absolute atomic E-state index is 0.393. The molecule has 25 heavy (non-hydrogen) atoms. The SMILES string of the molecule is CN1Cc2c3n(c4ccc(Cl)cc24)CC(c2ccccc2)N(C)C3C1. The van der Waals surface area contributed by atoms with Crippen LogP contribution in [0.1, 0.15) is 28.9 Å². The van der Waals surface area contributed by atoms with Crippen molar-refractivity contribution in [2.75, 3.05) is 20.6 Å². The van der Waals surface area contributed by atoms with Crippen LogP contribution in [0.5, 0.6) is 0 Å². The zero-order valence-corrected chi connectivity index (χ0v) is 15.4. The predicted octanol–water partition coefficient (Wildman–Crippen LogP) is 4.47. The first-order valence-corrected chi connectivity index (χ1v) is 9.27. The number of halogens is 1. The zero-order chi connectivity index (χ0) is 17.1. The number of fused-ring (bicyclic) bond motifs is 3. The summed E-state index contributed by atoms with van der Waals surface area (Å²) in [5.41, 5.74) is 5.66. The first-order chi connectivity index (χ1) is 12.1. The lowest BCUT2D eigenvalue weighted by Crippen LogP contribution is -2.45. The summed E-state index contributed by atoms with van der Waals surface area (Å²) < 4.78 is 2.55. The summed E-state index contributed by atoms with van der Waals surface area (Å²) in [6.07, 6.45) is 0. The van der Waals surface area contributed by atoms with Crippen LogP contribution in [0.3, 0.4) is 0 Å². The van der Waals surface area contributed by atoms with Gasteiger partial charge in [0.05, 0.1) is 12.1 Å². The van der Waals surface area contributed by atoms with Crippen molar-refractivity contribution in [2.24, 2.45) is 0 Å². The van der Waals surface area contributed by atoms with Crippen LogP contribution >= 0.6 is 11.6 Å². The number of nitrogens with zero attached hydrogens (tertiary/aromatic N) is 3. The van der Waals surface area contributed by atoms with Crippen molar-refractivity contribution < 1.29 is 0 Å². The van der Waals surface area contributed by atoms with Gasteiger partial charge in [-0.05, 0) is 43.4 Å². The lowest BCUT2D eigenvalue weighted by molar-refractivity contribution is 0.0805. The third kappa shape index (κ3) is 2.27. The molecular formula is C21H22ClN3. The van der Waals surface area contributed by atoms with Gasteiger partial charge < -0.3 is 9.47 Å². The van der Waals surface area contributed by atoms with Gasteiger partial charge in [-0.25, -0.2) is 0 Å². The van der Waals surface area contributed by atoms with E-state index >= 15 is 0 Å². The molecular weight excluding hydrogens is 330 g/mol. The van der Waals surface area contributed by atoms with Crippen molar-refractivity contribution in [1.82, 2.24) is 14.4 Å². The maximum atomic E-state index is 6.32. The third-order valence-corrected chi connectivity index (χ3v) is 6.16. The molecule has 3 heterocycles. The fraction of sp³-hybridized carbons (Fsp3) is 0.333. The predicted molar refractivity (Wildman–Crippen MR) is 103 cm³/mol. The normalized spacial score (nSPS) is 23.8. The van der Waals surface area contributed by atoms with Gasteiger partial charge in [-0.15, -0.1) is 0 Å². The Kier molecular flexibility index (Phi) is 3.46. The molecule has 3 aromatic rings. The van der Waals surface area contributed by atoms with Crippen molar-refractivity contribution in [2.45, 2.75) is 25.2 Å². The largest absolute Gasteiger partial charge is 0.341 e. The number of benzene rings is 2. The Hall–Kier alpha value is -1.81. The van der Waals surface area contributed by atoms with Crippen LogP contribution in [0, 0.1) is 0 Å². The molecule has 1 aromatic heterocycles. The van der Waals surface area contributed by atoms with Crippen LogP contribution < -0.4 is 0 Å². The third-order valence-electron chi connectivity index (χ3n) is 5.93. The van der Waals surface area contributed by atoms with Gasteiger partial charge in [0.2, 0.25) is 0 Å². The van der Waals surface area contributed by atoms with Crippen LogP contribution in [-0.2, 0) is 13.1 Å². The highest BCUT2D eigenvalue weighted by Gasteiger charge is 2.39. The average Bonchev–Trinajstić information content (AvgIpc) is 2.92. The minimum Gasteiger partial charge on any atom is -0.341 e. The van der Waals surface area contributed by atoms with Crippen molar-refractivity contribution in [1.29, 1.82) is 0 Å². The minimum atomic E-state index is 0.393. The number of hydrogen-bond acceptors (Lipinski definition) is 2. The Balaban J connectivity index is 1.74. The average molecular weight is 352 g/mol. The zero-order valence-electron chi connectivity index (χ0n) is 14.6. The molecule has 2 aliphatic heterocycles. The van der Waals surface area contributed by atoms with E-state index in [0.29, 0.717) is 12.1 Å². The highest BCUT2D eigenvalue weighted by molar-refractivity contribution is 6.31. The summed E-state index contributed by atoms with van der Waals surface area (Å²) in [7, 11) is 4.50. The van der Waals surface area contributed by atoms with Gasteiger partial charge in [0.15, 0.2) is 0 Å². The molecule has 0 saturated heterocycles. The molecule has 0 radical (unpaired) electrons. The van der Waals surface area contributed by atoms with Gasteiger partial charge in [0, 0.05) is 41.3 Å². The fourth-order valence-corrected chi connectivity index (χ4v) is 4.90. The van der Waals surface area contributed by atoms with Crippen LogP contribution in [-0.4, -0.2) is 35.0 Å². The molecule has 2 aromatic carbocycles. The Morgan fingerprint density at radius 1 is 0.960 bits per heavy atom. The molecule has 128 valence electrons. The van der Waals surface area contributed by atoms with E-state index in [-0.39, 0.29) is 0 Å². The van der Waals surface area contributed by atoms with E-state index < -0.39 is 0 Å². The molecule has 2 aliphatic rings. The first-order valence-electron chi connectivity index (χ1n) is 8.89. The number of likely N-dealkylation sites (N-methyl/N-ethyl adjacent to an activating group) is 2. The van der Waals surface area contributed by atoms with Gasteiger partial charge in [-0.2, -0.15) is 0 Å². The number of rotatable bonds is 1. The molecule has 0 aliphatic carbocycles. The van der Waals surface area contributed by atoms with E-state index in [0.717, 1.165) is 24.7 Å². The summed E-state index contributed by atoms with van der Waals surface area (Å²) >= 11 is 6.32. The molecule has 0 spiro atoms. The van der Waals surface area contributed by atoms with E-state index in [4.69, 9.17) is 11.6 Å². The van der Waals surface area contributed by atoms with E-state index in [1.165, 1.54) is 27.7 Å². The Morgan fingerprint density at radius 2 is 1.76 bits per heavy atom. The molecule has 0 saturated carbocycles. The summed E-state index contributed by atoms with van der Waals surface area (Å²) in [4.78, 5) is 4.99. The van der Waals surface area contributed by atoms with Gasteiger partial charge >= 0.3 is 0 Å².